The van der Waals surface area contributed by atoms with Gasteiger partial charge in [-0.1, -0.05) is 31.2 Å². The van der Waals surface area contributed by atoms with Gasteiger partial charge in [0, 0.05) is 25.6 Å². The highest BCUT2D eigenvalue weighted by molar-refractivity contribution is 9.10. The topological polar surface area (TPSA) is 29.0 Å². The van der Waals surface area contributed by atoms with E-state index < -0.39 is 0 Å². The standard InChI is InChI=1S/C16H18BrN3/c1-2-15-18-14(17)11-16(19-15)20-9-7-12-5-3-4-6-13(12)8-10-20/h3-6,11H,2,7-10H2,1H3. The minimum atomic E-state index is 0.862. The molecule has 2 aromatic rings. The van der Waals surface area contributed by atoms with E-state index in [2.05, 4.69) is 62.0 Å². The highest BCUT2D eigenvalue weighted by Gasteiger charge is 2.16. The molecule has 20 heavy (non-hydrogen) atoms. The number of halogens is 1. The molecule has 0 aliphatic carbocycles. The van der Waals surface area contributed by atoms with E-state index in [9.17, 15) is 0 Å². The van der Waals surface area contributed by atoms with Gasteiger partial charge in [-0.2, -0.15) is 0 Å². The van der Waals surface area contributed by atoms with Crippen LogP contribution in [0.5, 0.6) is 0 Å². The number of hydrogen-bond donors (Lipinski definition) is 0. The predicted octanol–water partition coefficient (Wildman–Crippen LogP) is 3.41. The molecular weight excluding hydrogens is 314 g/mol. The third-order valence-corrected chi connectivity index (χ3v) is 4.19. The van der Waals surface area contributed by atoms with E-state index in [1.54, 1.807) is 0 Å². The molecule has 0 fully saturated rings. The summed E-state index contributed by atoms with van der Waals surface area (Å²) < 4.78 is 0.876. The maximum absolute atomic E-state index is 4.67. The maximum atomic E-state index is 4.67. The van der Waals surface area contributed by atoms with Crippen molar-refractivity contribution < 1.29 is 0 Å². The summed E-state index contributed by atoms with van der Waals surface area (Å²) in [6, 6.07) is 10.8. The second-order valence-corrected chi connectivity index (χ2v) is 5.89. The smallest absolute Gasteiger partial charge is 0.133 e. The van der Waals surface area contributed by atoms with Crippen molar-refractivity contribution in [2.75, 3.05) is 18.0 Å². The number of hydrogen-bond acceptors (Lipinski definition) is 3. The van der Waals surface area contributed by atoms with Crippen LogP contribution in [0.25, 0.3) is 0 Å². The molecule has 0 saturated carbocycles. The van der Waals surface area contributed by atoms with E-state index >= 15 is 0 Å². The molecule has 0 bridgehead atoms. The van der Waals surface area contributed by atoms with Gasteiger partial charge in [0.2, 0.25) is 0 Å². The monoisotopic (exact) mass is 331 g/mol. The van der Waals surface area contributed by atoms with Crippen LogP contribution in [-0.4, -0.2) is 23.1 Å². The van der Waals surface area contributed by atoms with Crippen molar-refractivity contribution >= 4 is 21.7 Å². The Hall–Kier alpha value is -1.42. The van der Waals surface area contributed by atoms with E-state index in [1.165, 1.54) is 11.1 Å². The van der Waals surface area contributed by atoms with Gasteiger partial charge in [0.15, 0.2) is 0 Å². The fraction of sp³-hybridized carbons (Fsp3) is 0.375. The first-order valence-electron chi connectivity index (χ1n) is 7.11. The average Bonchev–Trinajstić information content (AvgIpc) is 2.69. The summed E-state index contributed by atoms with van der Waals surface area (Å²) in [5.74, 6) is 1.94. The third kappa shape index (κ3) is 2.85. The van der Waals surface area contributed by atoms with Gasteiger partial charge in [-0.05, 0) is 39.9 Å². The van der Waals surface area contributed by atoms with Crippen LogP contribution in [0.4, 0.5) is 5.82 Å². The van der Waals surface area contributed by atoms with Crippen molar-refractivity contribution in [1.82, 2.24) is 9.97 Å². The lowest BCUT2D eigenvalue weighted by Crippen LogP contribution is -2.27. The van der Waals surface area contributed by atoms with Crippen molar-refractivity contribution in [3.8, 4) is 0 Å². The van der Waals surface area contributed by atoms with Crippen molar-refractivity contribution in [3.63, 3.8) is 0 Å². The number of aromatic nitrogens is 2. The number of anilines is 1. The second kappa shape index (κ2) is 5.92. The van der Waals surface area contributed by atoms with E-state index in [0.29, 0.717) is 0 Å². The van der Waals surface area contributed by atoms with Crippen LogP contribution in [0.15, 0.2) is 34.9 Å². The lowest BCUT2D eigenvalue weighted by Gasteiger charge is -2.21. The van der Waals surface area contributed by atoms with Gasteiger partial charge in [0.25, 0.3) is 0 Å². The summed E-state index contributed by atoms with van der Waals surface area (Å²) >= 11 is 3.49. The van der Waals surface area contributed by atoms with E-state index in [0.717, 1.165) is 48.6 Å². The van der Waals surface area contributed by atoms with Crippen LogP contribution < -0.4 is 4.90 Å². The van der Waals surface area contributed by atoms with E-state index in [1.807, 2.05) is 6.07 Å². The zero-order valence-corrected chi connectivity index (χ0v) is 13.2. The molecule has 1 aliphatic rings. The Morgan fingerprint density at radius 1 is 1.10 bits per heavy atom. The lowest BCUT2D eigenvalue weighted by atomic mass is 10.0. The molecule has 0 N–H and O–H groups in total. The number of nitrogens with zero attached hydrogens (tertiary/aromatic N) is 3. The Balaban J connectivity index is 1.85. The normalized spacial score (nSPS) is 14.8. The first kappa shape index (κ1) is 13.6. The van der Waals surface area contributed by atoms with Crippen LogP contribution in [-0.2, 0) is 19.3 Å². The molecule has 0 saturated heterocycles. The number of fused-ring (bicyclic) bond motifs is 1. The van der Waals surface area contributed by atoms with Crippen molar-refractivity contribution in [2.24, 2.45) is 0 Å². The SMILES string of the molecule is CCc1nc(Br)cc(N2CCc3ccccc3CC2)n1. The number of benzene rings is 1. The minimum Gasteiger partial charge on any atom is -0.356 e. The fourth-order valence-corrected chi connectivity index (χ4v) is 3.08. The van der Waals surface area contributed by atoms with Gasteiger partial charge < -0.3 is 4.90 Å². The zero-order valence-electron chi connectivity index (χ0n) is 11.6. The first-order valence-corrected chi connectivity index (χ1v) is 7.90. The zero-order chi connectivity index (χ0) is 13.9. The Bertz CT molecular complexity index is 585. The number of rotatable bonds is 2. The Kier molecular flexibility index (Phi) is 4.01. The molecule has 104 valence electrons. The fourth-order valence-electron chi connectivity index (χ4n) is 2.67. The summed E-state index contributed by atoms with van der Waals surface area (Å²) in [6.45, 7) is 4.12. The summed E-state index contributed by atoms with van der Waals surface area (Å²) in [5.41, 5.74) is 2.94. The predicted molar refractivity (Wildman–Crippen MR) is 85.2 cm³/mol. The van der Waals surface area contributed by atoms with Crippen LogP contribution >= 0.6 is 15.9 Å². The minimum absolute atomic E-state index is 0.862. The van der Waals surface area contributed by atoms with E-state index in [4.69, 9.17) is 0 Å². The lowest BCUT2D eigenvalue weighted by molar-refractivity contribution is 0.776. The van der Waals surface area contributed by atoms with Crippen LogP contribution in [0, 0.1) is 0 Å². The maximum Gasteiger partial charge on any atom is 0.133 e. The summed E-state index contributed by atoms with van der Waals surface area (Å²) in [6.07, 6.45) is 3.03. The summed E-state index contributed by atoms with van der Waals surface area (Å²) in [7, 11) is 0. The first-order chi connectivity index (χ1) is 9.76. The number of aryl methyl sites for hydroxylation is 1. The van der Waals surface area contributed by atoms with Gasteiger partial charge in [-0.25, -0.2) is 9.97 Å². The second-order valence-electron chi connectivity index (χ2n) is 5.07. The third-order valence-electron chi connectivity index (χ3n) is 3.79. The molecule has 0 unspecified atom stereocenters. The molecule has 1 aromatic heterocycles. The molecule has 3 rings (SSSR count). The van der Waals surface area contributed by atoms with Crippen molar-refractivity contribution in [3.05, 3.63) is 51.9 Å². The summed E-state index contributed by atoms with van der Waals surface area (Å²) in [4.78, 5) is 11.4. The van der Waals surface area contributed by atoms with Gasteiger partial charge in [-0.15, -0.1) is 0 Å². The van der Waals surface area contributed by atoms with Gasteiger partial charge in [-0.3, -0.25) is 0 Å². The highest BCUT2D eigenvalue weighted by atomic mass is 79.9. The molecule has 2 heterocycles. The molecule has 1 aliphatic heterocycles. The Morgan fingerprint density at radius 2 is 1.75 bits per heavy atom. The van der Waals surface area contributed by atoms with Crippen LogP contribution in [0.3, 0.4) is 0 Å². The summed E-state index contributed by atoms with van der Waals surface area (Å²) in [5, 5.41) is 0. The van der Waals surface area contributed by atoms with E-state index in [-0.39, 0.29) is 0 Å². The molecule has 4 heteroatoms. The van der Waals surface area contributed by atoms with Crippen LogP contribution in [0.1, 0.15) is 23.9 Å². The molecule has 0 atom stereocenters. The Labute approximate surface area is 128 Å². The average molecular weight is 332 g/mol. The van der Waals surface area contributed by atoms with Crippen LogP contribution in [0.2, 0.25) is 0 Å². The molecule has 3 nitrogen and oxygen atoms in total. The molecular formula is C16H18BrN3. The van der Waals surface area contributed by atoms with Crippen molar-refractivity contribution in [1.29, 1.82) is 0 Å². The molecule has 0 amide bonds. The Morgan fingerprint density at radius 3 is 2.35 bits per heavy atom. The molecule has 1 aromatic carbocycles. The van der Waals surface area contributed by atoms with Gasteiger partial charge in [0.05, 0.1) is 0 Å². The molecule has 0 spiro atoms. The van der Waals surface area contributed by atoms with Gasteiger partial charge >= 0.3 is 0 Å². The van der Waals surface area contributed by atoms with Crippen molar-refractivity contribution in [2.45, 2.75) is 26.2 Å². The molecule has 0 radical (unpaired) electrons. The largest absolute Gasteiger partial charge is 0.356 e. The highest BCUT2D eigenvalue weighted by Crippen LogP contribution is 2.21. The quantitative estimate of drug-likeness (QED) is 0.789. The van der Waals surface area contributed by atoms with Gasteiger partial charge in [0.1, 0.15) is 16.2 Å².